The summed E-state index contributed by atoms with van der Waals surface area (Å²) >= 11 is 0. The van der Waals surface area contributed by atoms with Crippen molar-refractivity contribution < 1.29 is 9.90 Å². The number of nitrogens with one attached hydrogen (secondary N) is 1. The monoisotopic (exact) mass is 221 g/mol. The Morgan fingerprint density at radius 2 is 2.25 bits per heavy atom. The Morgan fingerprint density at radius 1 is 1.50 bits per heavy atom. The molecule has 16 heavy (non-hydrogen) atoms. The smallest absolute Gasteiger partial charge is 0.335 e. The largest absolute Gasteiger partial charge is 0.478 e. The molecule has 1 heterocycles. The molecule has 0 atom stereocenters. The highest BCUT2D eigenvalue weighted by Crippen LogP contribution is 2.12. The first-order valence-corrected chi connectivity index (χ1v) is 4.79. The predicted molar refractivity (Wildman–Crippen MR) is 58.6 cm³/mol. The van der Waals surface area contributed by atoms with Gasteiger partial charge in [0.05, 0.1) is 16.6 Å². The van der Waals surface area contributed by atoms with Gasteiger partial charge in [0.15, 0.2) is 0 Å². The predicted octanol–water partition coefficient (Wildman–Crippen LogP) is -0.0135. The molecular weight excluding hydrogens is 210 g/mol. The average Bonchev–Trinajstić information content (AvgIpc) is 2.55. The first-order valence-electron chi connectivity index (χ1n) is 4.79. The second-order valence-electron chi connectivity index (χ2n) is 3.41. The van der Waals surface area contributed by atoms with Gasteiger partial charge >= 0.3 is 11.7 Å². The number of benzene rings is 1. The maximum atomic E-state index is 11.5. The van der Waals surface area contributed by atoms with Crippen molar-refractivity contribution in [1.82, 2.24) is 9.55 Å². The first-order chi connectivity index (χ1) is 7.63. The van der Waals surface area contributed by atoms with Gasteiger partial charge < -0.3 is 15.8 Å². The Morgan fingerprint density at radius 3 is 2.88 bits per heavy atom. The fraction of sp³-hybridized carbons (Fsp3) is 0.200. The number of nitrogens with two attached hydrogens (primary N) is 1. The summed E-state index contributed by atoms with van der Waals surface area (Å²) in [7, 11) is 0. The zero-order valence-electron chi connectivity index (χ0n) is 8.43. The van der Waals surface area contributed by atoms with E-state index in [-0.39, 0.29) is 11.3 Å². The summed E-state index contributed by atoms with van der Waals surface area (Å²) in [5, 5.41) is 8.80. The number of hydrogen-bond acceptors (Lipinski definition) is 3. The summed E-state index contributed by atoms with van der Waals surface area (Å²) in [6, 6.07) is 4.50. The molecule has 0 aliphatic rings. The molecule has 4 N–H and O–H groups in total. The first kappa shape index (κ1) is 10.4. The fourth-order valence-corrected chi connectivity index (χ4v) is 1.65. The van der Waals surface area contributed by atoms with Gasteiger partial charge in [-0.2, -0.15) is 0 Å². The zero-order valence-corrected chi connectivity index (χ0v) is 8.43. The van der Waals surface area contributed by atoms with E-state index >= 15 is 0 Å². The van der Waals surface area contributed by atoms with Gasteiger partial charge in [0.1, 0.15) is 0 Å². The molecule has 0 saturated carbocycles. The van der Waals surface area contributed by atoms with E-state index in [4.69, 9.17) is 10.8 Å². The fourth-order valence-electron chi connectivity index (χ4n) is 1.65. The van der Waals surface area contributed by atoms with Crippen LogP contribution in [0, 0.1) is 0 Å². The Labute approximate surface area is 90.3 Å². The minimum atomic E-state index is -1.02. The number of nitrogens with zero attached hydrogens (tertiary/aromatic N) is 1. The number of carbonyl (C=O) groups is 1. The van der Waals surface area contributed by atoms with Crippen LogP contribution in [0.2, 0.25) is 0 Å². The van der Waals surface area contributed by atoms with E-state index in [1.807, 2.05) is 0 Å². The van der Waals surface area contributed by atoms with Gasteiger partial charge in [-0.3, -0.25) is 4.57 Å². The van der Waals surface area contributed by atoms with Crippen molar-refractivity contribution in [3.63, 3.8) is 0 Å². The summed E-state index contributed by atoms with van der Waals surface area (Å²) in [5.41, 5.74) is 6.44. The number of rotatable bonds is 3. The molecule has 2 rings (SSSR count). The minimum absolute atomic E-state index is 0.147. The third-order valence-corrected chi connectivity index (χ3v) is 2.37. The maximum absolute atomic E-state index is 11.5. The van der Waals surface area contributed by atoms with Gasteiger partial charge in [0, 0.05) is 13.1 Å². The number of aromatic carboxylic acids is 1. The summed E-state index contributed by atoms with van der Waals surface area (Å²) in [6.45, 7) is 0.763. The van der Waals surface area contributed by atoms with Crippen LogP contribution in [0.5, 0.6) is 0 Å². The highest BCUT2D eigenvalue weighted by Gasteiger charge is 2.09. The molecule has 0 spiro atoms. The van der Waals surface area contributed by atoms with Crippen molar-refractivity contribution in [3.05, 3.63) is 34.2 Å². The van der Waals surface area contributed by atoms with Crippen molar-refractivity contribution >= 4 is 17.0 Å². The number of imidazole rings is 1. The molecule has 0 aliphatic heterocycles. The van der Waals surface area contributed by atoms with Crippen LogP contribution in [-0.4, -0.2) is 27.2 Å². The van der Waals surface area contributed by atoms with Crippen LogP contribution in [0.15, 0.2) is 23.0 Å². The summed E-state index contributed by atoms with van der Waals surface area (Å²) < 4.78 is 1.49. The quantitative estimate of drug-likeness (QED) is 0.678. The molecule has 84 valence electrons. The van der Waals surface area contributed by atoms with Gasteiger partial charge in [-0.15, -0.1) is 0 Å². The molecule has 1 aromatic carbocycles. The molecule has 0 saturated heterocycles. The Balaban J connectivity index is 2.65. The van der Waals surface area contributed by atoms with E-state index in [9.17, 15) is 9.59 Å². The van der Waals surface area contributed by atoms with Crippen molar-refractivity contribution in [2.45, 2.75) is 6.54 Å². The van der Waals surface area contributed by atoms with Crippen LogP contribution in [0.3, 0.4) is 0 Å². The van der Waals surface area contributed by atoms with Gasteiger partial charge in [0.2, 0.25) is 0 Å². The Hall–Kier alpha value is -2.08. The van der Waals surface area contributed by atoms with E-state index in [0.29, 0.717) is 24.1 Å². The van der Waals surface area contributed by atoms with Crippen LogP contribution in [0.1, 0.15) is 10.4 Å². The van der Waals surface area contributed by atoms with Crippen LogP contribution >= 0.6 is 0 Å². The molecule has 6 nitrogen and oxygen atoms in total. The lowest BCUT2D eigenvalue weighted by molar-refractivity contribution is 0.0697. The summed E-state index contributed by atoms with van der Waals surface area (Å²) in [4.78, 5) is 24.9. The zero-order chi connectivity index (χ0) is 11.7. The third-order valence-electron chi connectivity index (χ3n) is 2.37. The van der Waals surface area contributed by atoms with Gasteiger partial charge in [-0.25, -0.2) is 9.59 Å². The van der Waals surface area contributed by atoms with E-state index < -0.39 is 5.97 Å². The van der Waals surface area contributed by atoms with E-state index in [1.54, 1.807) is 6.07 Å². The minimum Gasteiger partial charge on any atom is -0.478 e. The maximum Gasteiger partial charge on any atom is 0.335 e. The lowest BCUT2D eigenvalue weighted by Crippen LogP contribution is -2.21. The molecule has 0 aliphatic carbocycles. The highest BCUT2D eigenvalue weighted by molar-refractivity contribution is 5.92. The number of hydrogen-bond donors (Lipinski definition) is 3. The molecule has 0 unspecified atom stereocenters. The third kappa shape index (κ3) is 1.59. The number of carboxylic acid groups (broad SMARTS) is 1. The Kier molecular flexibility index (Phi) is 2.49. The molecule has 2 aromatic rings. The van der Waals surface area contributed by atoms with Gasteiger partial charge in [-0.1, -0.05) is 0 Å². The molecular formula is C10H11N3O3. The molecule has 0 amide bonds. The SMILES string of the molecule is NCCn1c(=O)[nH]c2cc(C(=O)O)ccc21. The topological polar surface area (TPSA) is 101 Å². The van der Waals surface area contributed by atoms with Crippen LogP contribution in [0.25, 0.3) is 11.0 Å². The number of aromatic nitrogens is 2. The second-order valence-corrected chi connectivity index (χ2v) is 3.41. The lowest BCUT2D eigenvalue weighted by atomic mass is 10.2. The molecule has 0 radical (unpaired) electrons. The summed E-state index contributed by atoms with van der Waals surface area (Å²) in [5.74, 6) is -1.02. The summed E-state index contributed by atoms with van der Waals surface area (Å²) in [6.07, 6.45) is 0. The van der Waals surface area contributed by atoms with E-state index in [0.717, 1.165) is 0 Å². The van der Waals surface area contributed by atoms with Gasteiger partial charge in [-0.05, 0) is 18.2 Å². The number of H-pyrrole nitrogens is 1. The van der Waals surface area contributed by atoms with E-state index in [1.165, 1.54) is 16.7 Å². The number of aromatic amines is 1. The van der Waals surface area contributed by atoms with Crippen molar-refractivity contribution in [2.24, 2.45) is 5.73 Å². The van der Waals surface area contributed by atoms with Crippen LogP contribution in [-0.2, 0) is 6.54 Å². The normalized spacial score (nSPS) is 10.8. The van der Waals surface area contributed by atoms with Crippen molar-refractivity contribution in [1.29, 1.82) is 0 Å². The van der Waals surface area contributed by atoms with E-state index in [2.05, 4.69) is 4.98 Å². The standard InChI is InChI=1S/C10H11N3O3/c11-3-4-13-8-2-1-6(9(14)15)5-7(8)12-10(13)16/h1-2,5H,3-4,11H2,(H,12,16)(H,14,15). The second kappa shape index (κ2) is 3.82. The van der Waals surface area contributed by atoms with Crippen molar-refractivity contribution in [2.75, 3.05) is 6.54 Å². The van der Waals surface area contributed by atoms with Crippen LogP contribution < -0.4 is 11.4 Å². The molecule has 0 fully saturated rings. The average molecular weight is 221 g/mol. The highest BCUT2D eigenvalue weighted by atomic mass is 16.4. The lowest BCUT2D eigenvalue weighted by Gasteiger charge is -2.00. The van der Waals surface area contributed by atoms with Crippen molar-refractivity contribution in [3.8, 4) is 0 Å². The van der Waals surface area contributed by atoms with Gasteiger partial charge in [0.25, 0.3) is 0 Å². The number of carboxylic acids is 1. The van der Waals surface area contributed by atoms with Crippen LogP contribution in [0.4, 0.5) is 0 Å². The number of fused-ring (bicyclic) bond motifs is 1. The molecule has 0 bridgehead atoms. The Bertz CT molecular complexity index is 597. The molecule has 6 heteroatoms. The molecule has 1 aromatic heterocycles.